The lowest BCUT2D eigenvalue weighted by Crippen LogP contribution is -2.34. The van der Waals surface area contributed by atoms with E-state index in [1.54, 1.807) is 14.1 Å². The Labute approximate surface area is 134 Å². The normalized spacial score (nSPS) is 26.9. The Bertz CT molecular complexity index is 568. The molecule has 7 nitrogen and oxygen atoms in total. The van der Waals surface area contributed by atoms with Gasteiger partial charge in [0.1, 0.15) is 6.61 Å². The van der Waals surface area contributed by atoms with E-state index in [-0.39, 0.29) is 24.2 Å². The molecule has 1 spiro atoms. The first-order valence-corrected chi connectivity index (χ1v) is 7.66. The third kappa shape index (κ3) is 3.59. The highest BCUT2D eigenvalue weighted by molar-refractivity contribution is 5.76. The number of carbonyl (C=O) groups is 1. The maximum atomic E-state index is 12.9. The molecule has 1 aromatic rings. The van der Waals surface area contributed by atoms with Gasteiger partial charge in [0, 0.05) is 27.1 Å². The van der Waals surface area contributed by atoms with E-state index in [4.69, 9.17) is 9.47 Å². The zero-order valence-corrected chi connectivity index (χ0v) is 13.4. The molecule has 0 aliphatic carbocycles. The summed E-state index contributed by atoms with van der Waals surface area (Å²) in [5.41, 5.74) is -0.288. The molecule has 0 saturated carbocycles. The quantitative estimate of drug-likeness (QED) is 0.801. The van der Waals surface area contributed by atoms with Crippen LogP contribution >= 0.6 is 0 Å². The minimum absolute atomic E-state index is 0.0567. The molecule has 3 rings (SSSR count). The van der Waals surface area contributed by atoms with Crippen LogP contribution in [0.15, 0.2) is 12.4 Å². The van der Waals surface area contributed by atoms with Crippen LogP contribution in [0.3, 0.4) is 0 Å². The molecule has 2 atom stereocenters. The van der Waals surface area contributed by atoms with Gasteiger partial charge in [0.2, 0.25) is 11.9 Å². The molecule has 2 aliphatic rings. The SMILES string of the molecule is CN(C)C(=O)CO[C@H]1CO[C@@]2(CCN(c3ncc(F)cn3)C2)C1. The molecule has 23 heavy (non-hydrogen) atoms. The summed E-state index contributed by atoms with van der Waals surface area (Å²) in [4.78, 5) is 23.1. The van der Waals surface area contributed by atoms with Crippen LogP contribution < -0.4 is 4.90 Å². The predicted octanol–water partition coefficient (Wildman–Crippen LogP) is 0.458. The van der Waals surface area contributed by atoms with E-state index < -0.39 is 5.82 Å². The second-order valence-electron chi connectivity index (χ2n) is 6.29. The van der Waals surface area contributed by atoms with Crippen LogP contribution in [-0.4, -0.2) is 72.9 Å². The molecule has 2 fully saturated rings. The molecule has 2 aliphatic heterocycles. The van der Waals surface area contributed by atoms with Gasteiger partial charge in [-0.3, -0.25) is 4.79 Å². The van der Waals surface area contributed by atoms with Crippen molar-refractivity contribution in [3.05, 3.63) is 18.2 Å². The fraction of sp³-hybridized carbons (Fsp3) is 0.667. The molecule has 3 heterocycles. The van der Waals surface area contributed by atoms with Gasteiger partial charge in [-0.1, -0.05) is 0 Å². The van der Waals surface area contributed by atoms with Gasteiger partial charge in [0.05, 0.1) is 37.3 Å². The summed E-state index contributed by atoms with van der Waals surface area (Å²) in [5.74, 6) is 0.0107. The lowest BCUT2D eigenvalue weighted by molar-refractivity contribution is -0.135. The minimum atomic E-state index is -0.446. The number of halogens is 1. The zero-order valence-electron chi connectivity index (χ0n) is 13.4. The molecular formula is C15H21FN4O3. The number of anilines is 1. The molecule has 8 heteroatoms. The van der Waals surface area contributed by atoms with Crippen molar-refractivity contribution >= 4 is 11.9 Å². The second-order valence-corrected chi connectivity index (χ2v) is 6.29. The molecular weight excluding hydrogens is 303 g/mol. The standard InChI is InChI=1S/C15H21FN4O3/c1-19(2)13(21)9-22-12-5-15(23-8-12)3-4-20(10-15)14-17-6-11(16)7-18-14/h6-7,12H,3-5,8-10H2,1-2H3/t12-,15+/m1/s1. The number of hydrogen-bond donors (Lipinski definition) is 0. The third-order valence-corrected chi connectivity index (χ3v) is 4.32. The molecule has 126 valence electrons. The van der Waals surface area contributed by atoms with Crippen LogP contribution in [-0.2, 0) is 14.3 Å². The number of hydrogen-bond acceptors (Lipinski definition) is 6. The highest BCUT2D eigenvalue weighted by Gasteiger charge is 2.46. The zero-order chi connectivity index (χ0) is 16.4. The van der Waals surface area contributed by atoms with Gasteiger partial charge in [-0.15, -0.1) is 0 Å². The Kier molecular flexibility index (Phi) is 4.45. The smallest absolute Gasteiger partial charge is 0.248 e. The van der Waals surface area contributed by atoms with Crippen LogP contribution in [0.5, 0.6) is 0 Å². The maximum Gasteiger partial charge on any atom is 0.248 e. The van der Waals surface area contributed by atoms with Crippen molar-refractivity contribution in [2.45, 2.75) is 24.5 Å². The summed E-state index contributed by atoms with van der Waals surface area (Å²) >= 11 is 0. The fourth-order valence-electron chi connectivity index (χ4n) is 3.00. The monoisotopic (exact) mass is 324 g/mol. The van der Waals surface area contributed by atoms with Crippen LogP contribution in [0.25, 0.3) is 0 Å². The van der Waals surface area contributed by atoms with E-state index in [0.717, 1.165) is 19.4 Å². The van der Waals surface area contributed by atoms with Crippen molar-refractivity contribution in [1.29, 1.82) is 0 Å². The van der Waals surface area contributed by atoms with Crippen molar-refractivity contribution < 1.29 is 18.7 Å². The first-order valence-electron chi connectivity index (χ1n) is 7.66. The van der Waals surface area contributed by atoms with Crippen LogP contribution in [0, 0.1) is 5.82 Å². The van der Waals surface area contributed by atoms with E-state index in [2.05, 4.69) is 9.97 Å². The Morgan fingerprint density at radius 2 is 2.26 bits per heavy atom. The van der Waals surface area contributed by atoms with Crippen LogP contribution in [0.2, 0.25) is 0 Å². The highest BCUT2D eigenvalue weighted by Crippen LogP contribution is 2.37. The van der Waals surface area contributed by atoms with Crippen molar-refractivity contribution in [2.24, 2.45) is 0 Å². The molecule has 1 amide bonds. The molecule has 1 aromatic heterocycles. The number of rotatable bonds is 4. The Morgan fingerprint density at radius 1 is 1.52 bits per heavy atom. The van der Waals surface area contributed by atoms with Gasteiger partial charge < -0.3 is 19.3 Å². The number of likely N-dealkylation sites (N-methyl/N-ethyl adjacent to an activating group) is 1. The number of amides is 1. The number of nitrogens with zero attached hydrogens (tertiary/aromatic N) is 4. The predicted molar refractivity (Wildman–Crippen MR) is 80.6 cm³/mol. The summed E-state index contributed by atoms with van der Waals surface area (Å²) < 4.78 is 24.5. The molecule has 2 saturated heterocycles. The Morgan fingerprint density at radius 3 is 2.96 bits per heavy atom. The Hall–Kier alpha value is -1.80. The summed E-state index contributed by atoms with van der Waals surface area (Å²) in [5, 5.41) is 0. The van der Waals surface area contributed by atoms with Gasteiger partial charge in [0.15, 0.2) is 5.82 Å². The number of ether oxygens (including phenoxy) is 2. The number of aromatic nitrogens is 2. The summed E-state index contributed by atoms with van der Waals surface area (Å²) in [6, 6.07) is 0. The lowest BCUT2D eigenvalue weighted by Gasteiger charge is -2.23. The fourth-order valence-corrected chi connectivity index (χ4v) is 3.00. The van der Waals surface area contributed by atoms with Crippen LogP contribution in [0.1, 0.15) is 12.8 Å². The van der Waals surface area contributed by atoms with E-state index in [1.807, 2.05) is 4.90 Å². The van der Waals surface area contributed by atoms with Gasteiger partial charge in [-0.05, 0) is 6.42 Å². The van der Waals surface area contributed by atoms with E-state index in [9.17, 15) is 9.18 Å². The molecule has 0 bridgehead atoms. The van der Waals surface area contributed by atoms with Crippen LogP contribution in [0.4, 0.5) is 10.3 Å². The Balaban J connectivity index is 1.54. The third-order valence-electron chi connectivity index (χ3n) is 4.32. The minimum Gasteiger partial charge on any atom is -0.370 e. The summed E-state index contributed by atoms with van der Waals surface area (Å²) in [7, 11) is 3.41. The molecule has 0 aromatic carbocycles. The van der Waals surface area contributed by atoms with Gasteiger partial charge in [-0.25, -0.2) is 14.4 Å². The topological polar surface area (TPSA) is 67.8 Å². The van der Waals surface area contributed by atoms with Crippen molar-refractivity contribution in [3.63, 3.8) is 0 Å². The van der Waals surface area contributed by atoms with E-state index in [0.29, 0.717) is 19.1 Å². The van der Waals surface area contributed by atoms with Gasteiger partial charge in [-0.2, -0.15) is 0 Å². The van der Waals surface area contributed by atoms with Crippen molar-refractivity contribution in [1.82, 2.24) is 14.9 Å². The first kappa shape index (κ1) is 16.1. The highest BCUT2D eigenvalue weighted by atomic mass is 19.1. The van der Waals surface area contributed by atoms with Crippen molar-refractivity contribution in [3.8, 4) is 0 Å². The largest absolute Gasteiger partial charge is 0.370 e. The summed E-state index contributed by atoms with van der Waals surface area (Å²) in [6.45, 7) is 1.97. The molecule has 0 N–H and O–H groups in total. The molecule has 0 unspecified atom stereocenters. The number of carbonyl (C=O) groups excluding carboxylic acids is 1. The first-order chi connectivity index (χ1) is 11.0. The maximum absolute atomic E-state index is 12.9. The van der Waals surface area contributed by atoms with Gasteiger partial charge >= 0.3 is 0 Å². The lowest BCUT2D eigenvalue weighted by atomic mass is 9.98. The van der Waals surface area contributed by atoms with E-state index >= 15 is 0 Å². The van der Waals surface area contributed by atoms with Crippen molar-refractivity contribution in [2.75, 3.05) is 45.3 Å². The van der Waals surface area contributed by atoms with E-state index in [1.165, 1.54) is 17.3 Å². The average molecular weight is 324 g/mol. The average Bonchev–Trinajstić information content (AvgIpc) is 3.13. The summed E-state index contributed by atoms with van der Waals surface area (Å²) in [6.07, 6.45) is 3.84. The second kappa shape index (κ2) is 6.37. The van der Waals surface area contributed by atoms with Gasteiger partial charge in [0.25, 0.3) is 0 Å². The molecule has 0 radical (unpaired) electrons.